The number of carbonyl (C=O) groups is 2. The van der Waals surface area contributed by atoms with Crippen molar-refractivity contribution in [3.05, 3.63) is 59.1 Å². The number of carbonyl (C=O) groups excluding carboxylic acids is 2. The summed E-state index contributed by atoms with van der Waals surface area (Å²) in [7, 11) is -2.02. The van der Waals surface area contributed by atoms with Gasteiger partial charge in [0.15, 0.2) is 0 Å². The van der Waals surface area contributed by atoms with E-state index in [1.54, 1.807) is 43.3 Å². The Bertz CT molecular complexity index is 1090. The van der Waals surface area contributed by atoms with Gasteiger partial charge >= 0.3 is 0 Å². The highest BCUT2D eigenvalue weighted by molar-refractivity contribution is 7.92. The number of benzene rings is 2. The highest BCUT2D eigenvalue weighted by atomic mass is 35.5. The molecule has 0 heterocycles. The third kappa shape index (κ3) is 9.02. The summed E-state index contributed by atoms with van der Waals surface area (Å²) in [6.45, 7) is 4.66. The first kappa shape index (κ1) is 29.5. The molecule has 1 atom stereocenters. The van der Waals surface area contributed by atoms with Gasteiger partial charge in [0.2, 0.25) is 21.8 Å². The molecular weight excluding hydrogens is 502 g/mol. The molecule has 198 valence electrons. The van der Waals surface area contributed by atoms with Crippen LogP contribution in [0, 0.1) is 0 Å². The number of anilines is 1. The number of amides is 2. The van der Waals surface area contributed by atoms with Gasteiger partial charge in [0.05, 0.1) is 19.1 Å². The zero-order chi connectivity index (χ0) is 26.7. The van der Waals surface area contributed by atoms with E-state index >= 15 is 0 Å². The molecule has 2 aromatic rings. The molecule has 0 unspecified atom stereocenters. The highest BCUT2D eigenvalue weighted by Crippen LogP contribution is 2.22. The van der Waals surface area contributed by atoms with Crippen molar-refractivity contribution in [3.63, 3.8) is 0 Å². The average molecular weight is 538 g/mol. The normalized spacial score (nSPS) is 12.0. The summed E-state index contributed by atoms with van der Waals surface area (Å²) in [5.41, 5.74) is 1.34. The van der Waals surface area contributed by atoms with Crippen molar-refractivity contribution in [2.45, 2.75) is 52.1 Å². The highest BCUT2D eigenvalue weighted by Gasteiger charge is 2.26. The average Bonchev–Trinajstić information content (AvgIpc) is 2.85. The minimum Gasteiger partial charge on any atom is -0.497 e. The van der Waals surface area contributed by atoms with Gasteiger partial charge in [-0.1, -0.05) is 37.1 Å². The fourth-order valence-electron chi connectivity index (χ4n) is 3.66. The molecule has 0 spiro atoms. The Balaban J connectivity index is 2.13. The lowest BCUT2D eigenvalue weighted by molar-refractivity contribution is -0.140. The topological polar surface area (TPSA) is 96.0 Å². The number of nitrogens with one attached hydrogen (secondary N) is 1. The first-order valence-electron chi connectivity index (χ1n) is 12.0. The predicted molar refractivity (Wildman–Crippen MR) is 144 cm³/mol. The van der Waals surface area contributed by atoms with E-state index in [4.69, 9.17) is 16.3 Å². The Kier molecular flexibility index (Phi) is 11.5. The van der Waals surface area contributed by atoms with Gasteiger partial charge in [-0.2, -0.15) is 0 Å². The third-order valence-corrected chi connectivity index (χ3v) is 7.22. The van der Waals surface area contributed by atoms with Crippen LogP contribution in [-0.2, 0) is 26.2 Å². The van der Waals surface area contributed by atoms with Crippen LogP contribution >= 0.6 is 11.6 Å². The van der Waals surface area contributed by atoms with Gasteiger partial charge in [-0.3, -0.25) is 13.9 Å². The van der Waals surface area contributed by atoms with Gasteiger partial charge in [-0.25, -0.2) is 8.42 Å². The van der Waals surface area contributed by atoms with Crippen LogP contribution in [0.2, 0.25) is 5.02 Å². The van der Waals surface area contributed by atoms with Gasteiger partial charge < -0.3 is 15.0 Å². The first-order valence-corrected chi connectivity index (χ1v) is 14.2. The number of methoxy groups -OCH3 is 1. The number of rotatable bonds is 14. The molecule has 0 saturated carbocycles. The van der Waals surface area contributed by atoms with E-state index in [1.807, 2.05) is 19.1 Å². The summed E-state index contributed by atoms with van der Waals surface area (Å²) in [6.07, 6.45) is 3.32. The maximum absolute atomic E-state index is 13.3. The van der Waals surface area contributed by atoms with E-state index < -0.39 is 16.1 Å². The number of nitrogens with zero attached hydrogens (tertiary/aromatic N) is 2. The molecule has 1 N–H and O–H groups in total. The summed E-state index contributed by atoms with van der Waals surface area (Å²) in [5, 5.41) is 3.47. The minimum absolute atomic E-state index is 0.0857. The number of unbranched alkanes of at least 4 members (excludes halogenated alkanes) is 1. The Morgan fingerprint density at radius 1 is 1.06 bits per heavy atom. The van der Waals surface area contributed by atoms with E-state index in [-0.39, 0.29) is 31.3 Å². The van der Waals surface area contributed by atoms with Gasteiger partial charge in [0, 0.05) is 31.1 Å². The lowest BCUT2D eigenvalue weighted by Gasteiger charge is -2.29. The van der Waals surface area contributed by atoms with Crippen LogP contribution < -0.4 is 14.4 Å². The van der Waals surface area contributed by atoms with Crippen LogP contribution in [0.3, 0.4) is 0 Å². The van der Waals surface area contributed by atoms with Crippen LogP contribution in [0.25, 0.3) is 0 Å². The Hall–Kier alpha value is -2.78. The number of hydrogen-bond acceptors (Lipinski definition) is 5. The summed E-state index contributed by atoms with van der Waals surface area (Å²) in [6, 6.07) is 13.1. The summed E-state index contributed by atoms with van der Waals surface area (Å²) in [5.74, 6) is 0.166. The van der Waals surface area contributed by atoms with Crippen molar-refractivity contribution in [3.8, 4) is 5.75 Å². The molecule has 0 aliphatic carbocycles. The van der Waals surface area contributed by atoms with E-state index in [0.29, 0.717) is 29.4 Å². The van der Waals surface area contributed by atoms with Gasteiger partial charge in [0.1, 0.15) is 11.8 Å². The van der Waals surface area contributed by atoms with Crippen molar-refractivity contribution in [2.75, 3.05) is 30.8 Å². The summed E-state index contributed by atoms with van der Waals surface area (Å²) < 4.78 is 31.3. The molecule has 2 amide bonds. The molecule has 0 bridgehead atoms. The van der Waals surface area contributed by atoms with Gasteiger partial charge in [-0.15, -0.1) is 0 Å². The van der Waals surface area contributed by atoms with Crippen molar-refractivity contribution >= 4 is 39.1 Å². The Labute approximate surface area is 219 Å². The molecule has 0 saturated heterocycles. The van der Waals surface area contributed by atoms with Crippen LogP contribution in [0.1, 0.15) is 45.1 Å². The van der Waals surface area contributed by atoms with Gasteiger partial charge in [-0.05, 0) is 61.7 Å². The molecule has 0 radical (unpaired) electrons. The molecule has 8 nitrogen and oxygen atoms in total. The lowest BCUT2D eigenvalue weighted by atomic mass is 10.1. The summed E-state index contributed by atoms with van der Waals surface area (Å²) >= 11 is 5.99. The van der Waals surface area contributed by atoms with E-state index in [0.717, 1.165) is 24.7 Å². The second-order valence-corrected chi connectivity index (χ2v) is 10.9. The fourth-order valence-corrected chi connectivity index (χ4v) is 4.75. The third-order valence-electron chi connectivity index (χ3n) is 5.78. The zero-order valence-electron chi connectivity index (χ0n) is 21.4. The van der Waals surface area contributed by atoms with Crippen molar-refractivity contribution in [1.82, 2.24) is 10.2 Å². The number of hydrogen-bond donors (Lipinski definition) is 1. The standard InChI is InChI=1S/C26H36ClN3O5S/c1-5-6-17-28-26(32)20(2)29(19-21-9-11-22(27)12-10-21)25(31)8-7-18-30(36(4,33)34)23-13-15-24(35-3)16-14-23/h9-16,20H,5-8,17-19H2,1-4H3,(H,28,32)/t20-/m1/s1. The molecule has 36 heavy (non-hydrogen) atoms. The number of halogens is 1. The Morgan fingerprint density at radius 2 is 1.69 bits per heavy atom. The van der Waals surface area contributed by atoms with Crippen molar-refractivity contribution in [2.24, 2.45) is 0 Å². The van der Waals surface area contributed by atoms with Crippen LogP contribution in [0.4, 0.5) is 5.69 Å². The van der Waals surface area contributed by atoms with E-state index in [2.05, 4.69) is 5.32 Å². The molecule has 0 aliphatic rings. The second-order valence-electron chi connectivity index (χ2n) is 8.61. The van der Waals surface area contributed by atoms with E-state index in [9.17, 15) is 18.0 Å². The molecule has 2 rings (SSSR count). The second kappa shape index (κ2) is 14.1. The minimum atomic E-state index is -3.56. The quantitative estimate of drug-likeness (QED) is 0.364. The molecule has 0 aliphatic heterocycles. The Morgan fingerprint density at radius 3 is 2.25 bits per heavy atom. The van der Waals surface area contributed by atoms with Crippen molar-refractivity contribution in [1.29, 1.82) is 0 Å². The fraction of sp³-hybridized carbons (Fsp3) is 0.462. The predicted octanol–water partition coefficient (Wildman–Crippen LogP) is 4.23. The molecule has 2 aromatic carbocycles. The maximum Gasteiger partial charge on any atom is 0.242 e. The monoisotopic (exact) mass is 537 g/mol. The maximum atomic E-state index is 13.3. The largest absolute Gasteiger partial charge is 0.497 e. The molecule has 0 fully saturated rings. The van der Waals surface area contributed by atoms with Gasteiger partial charge in [0.25, 0.3) is 0 Å². The molecular formula is C26H36ClN3O5S. The van der Waals surface area contributed by atoms with E-state index in [1.165, 1.54) is 16.3 Å². The number of ether oxygens (including phenoxy) is 1. The SMILES string of the molecule is CCCCNC(=O)[C@@H](C)N(Cc1ccc(Cl)cc1)C(=O)CCCN(c1ccc(OC)cc1)S(C)(=O)=O. The molecule has 0 aromatic heterocycles. The van der Waals surface area contributed by atoms with Crippen molar-refractivity contribution < 1.29 is 22.7 Å². The van der Waals surface area contributed by atoms with Crippen LogP contribution in [-0.4, -0.2) is 57.6 Å². The van der Waals surface area contributed by atoms with Crippen LogP contribution in [0.15, 0.2) is 48.5 Å². The zero-order valence-corrected chi connectivity index (χ0v) is 22.9. The summed E-state index contributed by atoms with van der Waals surface area (Å²) in [4.78, 5) is 27.5. The van der Waals surface area contributed by atoms with Crippen LogP contribution in [0.5, 0.6) is 5.75 Å². The number of sulfonamides is 1. The first-order chi connectivity index (χ1) is 17.1. The molecule has 10 heteroatoms. The smallest absolute Gasteiger partial charge is 0.242 e. The lowest BCUT2D eigenvalue weighted by Crippen LogP contribution is -2.47.